The summed E-state index contributed by atoms with van der Waals surface area (Å²) in [5.41, 5.74) is 2.47. The zero-order valence-electron chi connectivity index (χ0n) is 16.4. The van der Waals surface area contributed by atoms with Gasteiger partial charge >= 0.3 is 0 Å². The SMILES string of the molecule is CNc1c(O)ccc(CCNCCN(C)Cc2ccc(F)cc2)c1OCC=O. The average molecular weight is 389 g/mol. The van der Waals surface area contributed by atoms with Crippen LogP contribution >= 0.6 is 0 Å². The van der Waals surface area contributed by atoms with Crippen LogP contribution in [-0.2, 0) is 17.8 Å². The third-order valence-corrected chi connectivity index (χ3v) is 4.37. The topological polar surface area (TPSA) is 73.8 Å². The maximum atomic E-state index is 13.0. The standard InChI is InChI=1S/C21H28FN3O3/c1-23-20-19(27)8-5-17(21(20)28-14-13-26)9-10-24-11-12-25(2)15-16-3-6-18(22)7-4-16/h3-8,13,23-24,27H,9-12,14-15H2,1-2H3. The molecule has 0 aliphatic carbocycles. The fourth-order valence-electron chi connectivity index (χ4n) is 2.93. The smallest absolute Gasteiger partial charge is 0.157 e. The summed E-state index contributed by atoms with van der Waals surface area (Å²) >= 11 is 0. The summed E-state index contributed by atoms with van der Waals surface area (Å²) in [5.74, 6) is 0.368. The Morgan fingerprint density at radius 2 is 1.93 bits per heavy atom. The average Bonchev–Trinajstić information content (AvgIpc) is 2.69. The van der Waals surface area contributed by atoms with Crippen molar-refractivity contribution in [2.24, 2.45) is 0 Å². The second-order valence-electron chi connectivity index (χ2n) is 6.54. The van der Waals surface area contributed by atoms with Crippen molar-refractivity contribution in [3.05, 3.63) is 53.3 Å². The molecule has 0 spiro atoms. The summed E-state index contributed by atoms with van der Waals surface area (Å²) in [6, 6.07) is 9.96. The van der Waals surface area contributed by atoms with Gasteiger partial charge in [-0.2, -0.15) is 0 Å². The molecule has 0 aromatic heterocycles. The zero-order valence-corrected chi connectivity index (χ0v) is 16.4. The molecular weight excluding hydrogens is 361 g/mol. The van der Waals surface area contributed by atoms with E-state index in [1.165, 1.54) is 12.1 Å². The molecule has 0 bridgehead atoms. The Bertz CT molecular complexity index is 753. The Kier molecular flexibility index (Phi) is 8.71. The summed E-state index contributed by atoms with van der Waals surface area (Å²) in [6.07, 6.45) is 1.38. The monoisotopic (exact) mass is 389 g/mol. The van der Waals surface area contributed by atoms with Crippen molar-refractivity contribution in [2.45, 2.75) is 13.0 Å². The molecule has 0 unspecified atom stereocenters. The van der Waals surface area contributed by atoms with Crippen LogP contribution in [0.4, 0.5) is 10.1 Å². The lowest BCUT2D eigenvalue weighted by Crippen LogP contribution is -2.30. The number of aromatic hydroxyl groups is 1. The molecule has 0 fully saturated rings. The number of rotatable bonds is 12. The van der Waals surface area contributed by atoms with Gasteiger partial charge in [-0.15, -0.1) is 0 Å². The van der Waals surface area contributed by atoms with Crippen LogP contribution in [0.25, 0.3) is 0 Å². The van der Waals surface area contributed by atoms with Crippen LogP contribution in [0.1, 0.15) is 11.1 Å². The van der Waals surface area contributed by atoms with Gasteiger partial charge in [-0.1, -0.05) is 18.2 Å². The lowest BCUT2D eigenvalue weighted by atomic mass is 10.1. The number of aldehydes is 1. The van der Waals surface area contributed by atoms with E-state index >= 15 is 0 Å². The number of hydrogen-bond donors (Lipinski definition) is 3. The highest BCUT2D eigenvalue weighted by molar-refractivity contribution is 5.69. The van der Waals surface area contributed by atoms with E-state index in [2.05, 4.69) is 15.5 Å². The van der Waals surface area contributed by atoms with Crippen LogP contribution in [-0.4, -0.2) is 56.6 Å². The minimum Gasteiger partial charge on any atom is -0.506 e. The Morgan fingerprint density at radius 1 is 1.18 bits per heavy atom. The van der Waals surface area contributed by atoms with Crippen LogP contribution in [0.2, 0.25) is 0 Å². The van der Waals surface area contributed by atoms with Crippen LogP contribution < -0.4 is 15.4 Å². The van der Waals surface area contributed by atoms with E-state index in [0.717, 1.165) is 37.3 Å². The molecule has 0 amide bonds. The molecule has 0 saturated heterocycles. The number of phenolic OH excluding ortho intramolecular Hbond substituents is 1. The number of hydrogen-bond acceptors (Lipinski definition) is 6. The second-order valence-corrected chi connectivity index (χ2v) is 6.54. The predicted octanol–water partition coefficient (Wildman–Crippen LogP) is 2.41. The van der Waals surface area contributed by atoms with Gasteiger partial charge < -0.3 is 25.4 Å². The first-order valence-corrected chi connectivity index (χ1v) is 9.28. The Hall–Kier alpha value is -2.64. The molecule has 0 heterocycles. The van der Waals surface area contributed by atoms with E-state index in [0.29, 0.717) is 24.1 Å². The molecule has 0 atom stereocenters. The van der Waals surface area contributed by atoms with Crippen LogP contribution in [0.5, 0.6) is 11.5 Å². The van der Waals surface area contributed by atoms with Gasteiger partial charge in [-0.3, -0.25) is 4.79 Å². The fraction of sp³-hybridized carbons (Fsp3) is 0.381. The fourth-order valence-corrected chi connectivity index (χ4v) is 2.93. The first-order chi connectivity index (χ1) is 13.5. The maximum Gasteiger partial charge on any atom is 0.157 e. The molecule has 0 aliphatic heterocycles. The highest BCUT2D eigenvalue weighted by Gasteiger charge is 2.13. The quantitative estimate of drug-likeness (QED) is 0.294. The molecule has 2 rings (SSSR count). The number of phenols is 1. The summed E-state index contributed by atoms with van der Waals surface area (Å²) in [7, 11) is 3.72. The normalized spacial score (nSPS) is 10.9. The summed E-state index contributed by atoms with van der Waals surface area (Å²) in [4.78, 5) is 12.8. The number of benzene rings is 2. The van der Waals surface area contributed by atoms with Crippen LogP contribution in [0, 0.1) is 5.82 Å². The zero-order chi connectivity index (χ0) is 20.4. The van der Waals surface area contributed by atoms with Crippen molar-refractivity contribution in [1.29, 1.82) is 0 Å². The molecule has 28 heavy (non-hydrogen) atoms. The van der Waals surface area contributed by atoms with E-state index < -0.39 is 0 Å². The summed E-state index contributed by atoms with van der Waals surface area (Å²) in [6.45, 7) is 3.08. The van der Waals surface area contributed by atoms with Crippen LogP contribution in [0.3, 0.4) is 0 Å². The van der Waals surface area contributed by atoms with Crippen molar-refractivity contribution in [2.75, 3.05) is 45.7 Å². The highest BCUT2D eigenvalue weighted by atomic mass is 19.1. The van der Waals surface area contributed by atoms with Crippen molar-refractivity contribution in [3.8, 4) is 11.5 Å². The molecule has 6 nitrogen and oxygen atoms in total. The Labute approximate surface area is 165 Å². The number of likely N-dealkylation sites (N-methyl/N-ethyl adjacent to an activating group) is 1. The lowest BCUT2D eigenvalue weighted by molar-refractivity contribution is -0.109. The van der Waals surface area contributed by atoms with E-state index in [4.69, 9.17) is 4.74 Å². The minimum atomic E-state index is -0.222. The van der Waals surface area contributed by atoms with E-state index in [-0.39, 0.29) is 18.2 Å². The molecule has 0 radical (unpaired) electrons. The molecule has 7 heteroatoms. The van der Waals surface area contributed by atoms with Gasteiger partial charge in [0, 0.05) is 26.7 Å². The highest BCUT2D eigenvalue weighted by Crippen LogP contribution is 2.36. The van der Waals surface area contributed by atoms with Gasteiger partial charge in [0.15, 0.2) is 6.29 Å². The Balaban J connectivity index is 1.79. The van der Waals surface area contributed by atoms with Gasteiger partial charge in [0.2, 0.25) is 0 Å². The molecule has 2 aromatic carbocycles. The maximum absolute atomic E-state index is 13.0. The second kappa shape index (κ2) is 11.3. The van der Waals surface area contributed by atoms with Crippen molar-refractivity contribution >= 4 is 12.0 Å². The first kappa shape index (κ1) is 21.7. The molecule has 0 saturated carbocycles. The number of anilines is 1. The molecule has 0 aliphatic rings. The van der Waals surface area contributed by atoms with Gasteiger partial charge in [-0.25, -0.2) is 4.39 Å². The predicted molar refractivity (Wildman–Crippen MR) is 109 cm³/mol. The van der Waals surface area contributed by atoms with Crippen molar-refractivity contribution in [3.63, 3.8) is 0 Å². The Morgan fingerprint density at radius 3 is 2.61 bits per heavy atom. The number of nitrogens with zero attached hydrogens (tertiary/aromatic N) is 1. The molecular formula is C21H28FN3O3. The molecule has 152 valence electrons. The minimum absolute atomic E-state index is 0.0628. The van der Waals surface area contributed by atoms with Gasteiger partial charge in [0.1, 0.15) is 29.6 Å². The summed E-state index contributed by atoms with van der Waals surface area (Å²) in [5, 5.41) is 16.2. The number of carbonyl (C=O) groups is 1. The molecule has 2 aromatic rings. The van der Waals surface area contributed by atoms with E-state index in [1.807, 2.05) is 7.05 Å². The largest absolute Gasteiger partial charge is 0.506 e. The lowest BCUT2D eigenvalue weighted by Gasteiger charge is -2.18. The third-order valence-electron chi connectivity index (χ3n) is 4.37. The first-order valence-electron chi connectivity index (χ1n) is 9.28. The van der Waals surface area contributed by atoms with Gasteiger partial charge in [0.05, 0.1) is 0 Å². The number of halogens is 1. The number of ether oxygens (including phenoxy) is 1. The van der Waals surface area contributed by atoms with Crippen LogP contribution in [0.15, 0.2) is 36.4 Å². The molecule has 3 N–H and O–H groups in total. The van der Waals surface area contributed by atoms with Crippen molar-refractivity contribution < 1.29 is 19.0 Å². The van der Waals surface area contributed by atoms with E-state index in [1.54, 1.807) is 31.3 Å². The number of nitrogens with one attached hydrogen (secondary N) is 2. The van der Waals surface area contributed by atoms with Gasteiger partial charge in [0.25, 0.3) is 0 Å². The van der Waals surface area contributed by atoms with Gasteiger partial charge in [-0.05, 0) is 49.3 Å². The summed E-state index contributed by atoms with van der Waals surface area (Å²) < 4.78 is 18.5. The third kappa shape index (κ3) is 6.51. The van der Waals surface area contributed by atoms with Crippen molar-refractivity contribution in [1.82, 2.24) is 10.2 Å². The van der Waals surface area contributed by atoms with E-state index in [9.17, 15) is 14.3 Å². The number of carbonyl (C=O) groups excluding carboxylic acids is 1.